The molecule has 1 saturated heterocycles. The van der Waals surface area contributed by atoms with E-state index in [-0.39, 0.29) is 6.17 Å². The van der Waals surface area contributed by atoms with Gasteiger partial charge in [-0.2, -0.15) is 0 Å². The first kappa shape index (κ1) is 11.1. The molecule has 2 aliphatic rings. The predicted molar refractivity (Wildman–Crippen MR) is 60.0 cm³/mol. The number of allylic oxidation sites excluding steroid dienone is 1. The van der Waals surface area contributed by atoms with Crippen LogP contribution in [0, 0.1) is 0 Å². The summed E-state index contributed by atoms with van der Waals surface area (Å²) < 4.78 is 5.76. The maximum atomic E-state index is 5.99. The summed E-state index contributed by atoms with van der Waals surface area (Å²) in [5.74, 6) is 0. The van der Waals surface area contributed by atoms with Crippen molar-refractivity contribution in [1.82, 2.24) is 0 Å². The van der Waals surface area contributed by atoms with Crippen LogP contribution < -0.4 is 11.1 Å². The lowest BCUT2D eigenvalue weighted by Crippen LogP contribution is -2.90. The minimum atomic E-state index is 0.266. The Morgan fingerprint density at radius 1 is 1.33 bits per heavy atom. The van der Waals surface area contributed by atoms with E-state index >= 15 is 0 Å². The molecule has 4 N–H and O–H groups in total. The first-order valence-corrected chi connectivity index (χ1v) is 6.25. The first-order chi connectivity index (χ1) is 7.34. The van der Waals surface area contributed by atoms with E-state index in [4.69, 9.17) is 10.5 Å². The Bertz CT molecular complexity index is 222. The quantitative estimate of drug-likeness (QED) is 0.712. The highest BCUT2D eigenvalue weighted by Crippen LogP contribution is 2.18. The van der Waals surface area contributed by atoms with Crippen LogP contribution in [0.2, 0.25) is 0 Å². The van der Waals surface area contributed by atoms with E-state index in [1.165, 1.54) is 37.8 Å². The maximum absolute atomic E-state index is 5.99. The Balaban J connectivity index is 1.83. The fourth-order valence-electron chi connectivity index (χ4n) is 2.45. The van der Waals surface area contributed by atoms with E-state index in [1.807, 2.05) is 0 Å². The van der Waals surface area contributed by atoms with E-state index < -0.39 is 0 Å². The third kappa shape index (κ3) is 3.59. The van der Waals surface area contributed by atoms with E-state index in [1.54, 1.807) is 0 Å². The average molecular weight is 211 g/mol. The number of ether oxygens (including phenoxy) is 1. The molecule has 0 amide bonds. The molecule has 0 radical (unpaired) electrons. The van der Waals surface area contributed by atoms with Gasteiger partial charge in [0.25, 0.3) is 0 Å². The molecule has 0 bridgehead atoms. The SMILES string of the molecule is NC1CCCC=C(CC2CCCCO2)[NH2+]1. The Kier molecular flexibility index (Phi) is 4.18. The average Bonchev–Trinajstić information content (AvgIpc) is 2.44. The summed E-state index contributed by atoms with van der Waals surface area (Å²) in [6, 6.07) is 0. The molecule has 2 aliphatic heterocycles. The molecule has 0 saturated carbocycles. The second kappa shape index (κ2) is 5.64. The molecule has 0 aromatic carbocycles. The highest BCUT2D eigenvalue weighted by Gasteiger charge is 2.20. The van der Waals surface area contributed by atoms with Crippen molar-refractivity contribution in [2.75, 3.05) is 6.61 Å². The first-order valence-electron chi connectivity index (χ1n) is 6.25. The van der Waals surface area contributed by atoms with E-state index in [9.17, 15) is 0 Å². The third-order valence-electron chi connectivity index (χ3n) is 3.31. The fourth-order valence-corrected chi connectivity index (χ4v) is 2.45. The summed E-state index contributed by atoms with van der Waals surface area (Å²) >= 11 is 0. The predicted octanol–water partition coefficient (Wildman–Crippen LogP) is 0.862. The lowest BCUT2D eigenvalue weighted by atomic mass is 10.0. The van der Waals surface area contributed by atoms with Gasteiger partial charge >= 0.3 is 0 Å². The molecule has 2 unspecified atom stereocenters. The smallest absolute Gasteiger partial charge is 0.141 e. The van der Waals surface area contributed by atoms with Crippen LogP contribution in [0.5, 0.6) is 0 Å². The van der Waals surface area contributed by atoms with Crippen molar-refractivity contribution < 1.29 is 10.1 Å². The number of hydrogen-bond donors (Lipinski definition) is 2. The lowest BCUT2D eigenvalue weighted by Gasteiger charge is -2.23. The number of quaternary nitrogens is 1. The normalized spacial score (nSPS) is 33.3. The highest BCUT2D eigenvalue weighted by atomic mass is 16.5. The summed E-state index contributed by atoms with van der Waals surface area (Å²) in [6.45, 7) is 0.948. The molecule has 0 aromatic rings. The van der Waals surface area contributed by atoms with Crippen LogP contribution in [-0.2, 0) is 4.74 Å². The molecule has 1 fully saturated rings. The van der Waals surface area contributed by atoms with Gasteiger partial charge < -0.3 is 10.1 Å². The molecular formula is C12H23N2O+. The minimum Gasteiger partial charge on any atom is -0.378 e. The van der Waals surface area contributed by atoms with Crippen molar-refractivity contribution in [3.8, 4) is 0 Å². The van der Waals surface area contributed by atoms with Crippen LogP contribution in [0.4, 0.5) is 0 Å². The molecule has 86 valence electrons. The van der Waals surface area contributed by atoms with Gasteiger partial charge in [-0.05, 0) is 38.2 Å². The molecule has 3 heteroatoms. The van der Waals surface area contributed by atoms with E-state index in [2.05, 4.69) is 11.4 Å². The van der Waals surface area contributed by atoms with Crippen LogP contribution >= 0.6 is 0 Å². The van der Waals surface area contributed by atoms with Crippen molar-refractivity contribution in [2.45, 2.75) is 57.2 Å². The number of hydrogen-bond acceptors (Lipinski definition) is 2. The van der Waals surface area contributed by atoms with Crippen LogP contribution in [0.15, 0.2) is 11.8 Å². The molecule has 2 rings (SSSR count). The van der Waals surface area contributed by atoms with Gasteiger partial charge in [0, 0.05) is 19.4 Å². The van der Waals surface area contributed by atoms with Gasteiger partial charge in [0.15, 0.2) is 0 Å². The van der Waals surface area contributed by atoms with Crippen molar-refractivity contribution in [3.63, 3.8) is 0 Å². The summed E-state index contributed by atoms with van der Waals surface area (Å²) in [5.41, 5.74) is 7.42. The van der Waals surface area contributed by atoms with Crippen LogP contribution in [-0.4, -0.2) is 18.9 Å². The van der Waals surface area contributed by atoms with Gasteiger partial charge in [-0.1, -0.05) is 0 Å². The number of nitrogens with two attached hydrogens (primary N) is 2. The molecule has 3 nitrogen and oxygen atoms in total. The lowest BCUT2D eigenvalue weighted by molar-refractivity contribution is -0.645. The fraction of sp³-hybridized carbons (Fsp3) is 0.833. The molecule has 0 spiro atoms. The van der Waals surface area contributed by atoms with Crippen LogP contribution in [0.25, 0.3) is 0 Å². The zero-order chi connectivity index (χ0) is 10.5. The molecular weight excluding hydrogens is 188 g/mol. The largest absolute Gasteiger partial charge is 0.378 e. The second-order valence-electron chi connectivity index (χ2n) is 4.73. The summed E-state index contributed by atoms with van der Waals surface area (Å²) in [7, 11) is 0. The molecule has 15 heavy (non-hydrogen) atoms. The van der Waals surface area contributed by atoms with Crippen molar-refractivity contribution >= 4 is 0 Å². The summed E-state index contributed by atoms with van der Waals surface area (Å²) in [5, 5.41) is 2.24. The van der Waals surface area contributed by atoms with Gasteiger partial charge in [-0.15, -0.1) is 0 Å². The number of rotatable bonds is 2. The van der Waals surface area contributed by atoms with E-state index in [0.29, 0.717) is 6.10 Å². The topological polar surface area (TPSA) is 51.9 Å². The molecule has 2 atom stereocenters. The van der Waals surface area contributed by atoms with Crippen molar-refractivity contribution in [2.24, 2.45) is 5.73 Å². The monoisotopic (exact) mass is 211 g/mol. The van der Waals surface area contributed by atoms with Gasteiger partial charge in [0.05, 0.1) is 6.10 Å². The van der Waals surface area contributed by atoms with Gasteiger partial charge in [-0.3, -0.25) is 5.73 Å². The zero-order valence-corrected chi connectivity index (χ0v) is 9.45. The van der Waals surface area contributed by atoms with Gasteiger partial charge in [0.2, 0.25) is 0 Å². The summed E-state index contributed by atoms with van der Waals surface area (Å²) in [4.78, 5) is 0. The van der Waals surface area contributed by atoms with Crippen LogP contribution in [0.3, 0.4) is 0 Å². The van der Waals surface area contributed by atoms with Crippen molar-refractivity contribution in [1.29, 1.82) is 0 Å². The standard InChI is InChI=1S/C12H22N2O/c13-12-7-2-1-5-10(14-12)9-11-6-3-4-8-15-11/h5,11-12,14H,1-4,6-9,13H2/p+1. The highest BCUT2D eigenvalue weighted by molar-refractivity contribution is 4.94. The Morgan fingerprint density at radius 3 is 3.07 bits per heavy atom. The Morgan fingerprint density at radius 2 is 2.27 bits per heavy atom. The Labute approximate surface area is 92.1 Å². The molecule has 2 heterocycles. The zero-order valence-electron chi connectivity index (χ0n) is 9.45. The minimum absolute atomic E-state index is 0.266. The van der Waals surface area contributed by atoms with E-state index in [0.717, 1.165) is 19.4 Å². The summed E-state index contributed by atoms with van der Waals surface area (Å²) in [6.07, 6.45) is 11.5. The Hall–Kier alpha value is -0.380. The third-order valence-corrected chi connectivity index (χ3v) is 3.31. The van der Waals surface area contributed by atoms with Crippen LogP contribution in [0.1, 0.15) is 44.9 Å². The second-order valence-corrected chi connectivity index (χ2v) is 4.73. The van der Waals surface area contributed by atoms with Gasteiger partial charge in [-0.25, -0.2) is 0 Å². The van der Waals surface area contributed by atoms with Crippen molar-refractivity contribution in [3.05, 3.63) is 11.8 Å². The van der Waals surface area contributed by atoms with Gasteiger partial charge in [0.1, 0.15) is 11.9 Å². The molecule has 0 aromatic heterocycles. The maximum Gasteiger partial charge on any atom is 0.141 e. The molecule has 0 aliphatic carbocycles.